The largest absolute Gasteiger partial charge is 0.493 e. The third-order valence-electron chi connectivity index (χ3n) is 7.65. The van der Waals surface area contributed by atoms with E-state index in [1.54, 1.807) is 6.20 Å². The van der Waals surface area contributed by atoms with E-state index >= 15 is 0 Å². The molecule has 1 saturated heterocycles. The molecule has 1 aromatic heterocycles. The molecule has 0 bridgehead atoms. The molecule has 0 spiro atoms. The van der Waals surface area contributed by atoms with Crippen molar-refractivity contribution in [3.8, 4) is 5.75 Å². The number of benzene rings is 1. The fourth-order valence-corrected chi connectivity index (χ4v) is 5.65. The molecule has 2 aromatic rings. The van der Waals surface area contributed by atoms with E-state index in [0.717, 1.165) is 67.9 Å². The summed E-state index contributed by atoms with van der Waals surface area (Å²) in [5.74, 6) is 0.696. The van der Waals surface area contributed by atoms with Gasteiger partial charge in [0.05, 0.1) is 27.1 Å². The van der Waals surface area contributed by atoms with Crippen molar-refractivity contribution in [3.05, 3.63) is 30.5 Å². The highest BCUT2D eigenvalue weighted by atomic mass is 16.5. The van der Waals surface area contributed by atoms with Crippen molar-refractivity contribution in [3.63, 3.8) is 0 Å². The maximum Gasteiger partial charge on any atom is 0.320 e. The van der Waals surface area contributed by atoms with Crippen molar-refractivity contribution in [2.75, 3.05) is 32.0 Å². The summed E-state index contributed by atoms with van der Waals surface area (Å²) >= 11 is 0. The summed E-state index contributed by atoms with van der Waals surface area (Å²) in [5, 5.41) is 1.88. The van der Waals surface area contributed by atoms with E-state index < -0.39 is 18.5 Å². The van der Waals surface area contributed by atoms with Crippen LogP contribution in [0, 0.1) is 0 Å². The van der Waals surface area contributed by atoms with Crippen LogP contribution in [0.4, 0.5) is 5.82 Å². The first kappa shape index (κ1) is 25.8. The molecule has 8 heteroatoms. The van der Waals surface area contributed by atoms with Gasteiger partial charge in [0.15, 0.2) is 0 Å². The lowest BCUT2D eigenvalue weighted by atomic mass is 9.93. The summed E-state index contributed by atoms with van der Waals surface area (Å²) in [4.78, 5) is 34.3. The third kappa shape index (κ3) is 6.92. The minimum absolute atomic E-state index is 0.00713. The Morgan fingerprint density at radius 1 is 1.19 bits per heavy atom. The predicted octanol–water partition coefficient (Wildman–Crippen LogP) is 4.55. The smallest absolute Gasteiger partial charge is 0.320 e. The molecule has 1 aliphatic carbocycles. The molecule has 1 saturated carbocycles. The minimum atomic E-state index is -1.19. The van der Waals surface area contributed by atoms with Crippen molar-refractivity contribution in [2.45, 2.75) is 89.8 Å². The Morgan fingerprint density at radius 2 is 2.00 bits per heavy atom. The normalized spacial score (nSPS) is 20.6. The summed E-state index contributed by atoms with van der Waals surface area (Å²) in [6.45, 7) is 4.08. The number of fused-ring (bicyclic) bond motifs is 1. The van der Waals surface area contributed by atoms with E-state index in [-0.39, 0.29) is 18.0 Å². The number of likely N-dealkylation sites (tertiary alicyclic amines) is 1. The molecule has 1 aliphatic heterocycles. The fourth-order valence-electron chi connectivity index (χ4n) is 5.65. The quantitative estimate of drug-likeness (QED) is 0.442. The molecule has 37 heavy (non-hydrogen) atoms. The second-order valence-corrected chi connectivity index (χ2v) is 10.3. The van der Waals surface area contributed by atoms with Crippen molar-refractivity contribution in [1.29, 1.82) is 0 Å². The highest BCUT2D eigenvalue weighted by Crippen LogP contribution is 2.28. The minimum Gasteiger partial charge on any atom is -0.493 e. The van der Waals surface area contributed by atoms with Gasteiger partial charge in [-0.2, -0.15) is 0 Å². The van der Waals surface area contributed by atoms with Gasteiger partial charge in [-0.15, -0.1) is 0 Å². The first-order valence-electron chi connectivity index (χ1n) is 14.4. The highest BCUT2D eigenvalue weighted by Gasteiger charge is 2.37. The number of hydrogen-bond acceptors (Lipinski definition) is 7. The fraction of sp³-hybridized carbons (Fsp3) is 0.621. The number of pyridine rings is 1. The average Bonchev–Trinajstić information content (AvgIpc) is 3.40. The number of anilines is 1. The Morgan fingerprint density at radius 3 is 2.78 bits per heavy atom. The van der Waals surface area contributed by atoms with Crippen LogP contribution in [0.3, 0.4) is 0 Å². The molecular weight excluding hydrogens is 468 g/mol. The number of nitrogens with zero attached hydrogens (tertiary/aromatic N) is 3. The summed E-state index contributed by atoms with van der Waals surface area (Å²) in [5.41, 5.74) is 5.95. The number of nitrogen functional groups attached to an aromatic ring is 1. The van der Waals surface area contributed by atoms with Gasteiger partial charge in [0.2, 0.25) is 5.91 Å². The second-order valence-electron chi connectivity index (χ2n) is 10.3. The van der Waals surface area contributed by atoms with Crippen LogP contribution in [0.15, 0.2) is 30.5 Å². The zero-order chi connectivity index (χ0) is 27.1. The molecule has 2 heterocycles. The van der Waals surface area contributed by atoms with E-state index in [1.807, 2.05) is 47.9 Å². The Kier molecular flexibility index (Phi) is 9.11. The second kappa shape index (κ2) is 13.1. The van der Waals surface area contributed by atoms with Crippen LogP contribution >= 0.6 is 0 Å². The zero-order valence-corrected chi connectivity index (χ0v) is 22.2. The first-order chi connectivity index (χ1) is 18.4. The topological polar surface area (TPSA) is 98.0 Å². The molecule has 1 unspecified atom stereocenters. The number of aromatic nitrogens is 1. The van der Waals surface area contributed by atoms with Gasteiger partial charge in [-0.3, -0.25) is 14.5 Å². The molecule has 1 aromatic carbocycles. The number of esters is 1. The summed E-state index contributed by atoms with van der Waals surface area (Å²) in [7, 11) is 0. The van der Waals surface area contributed by atoms with Gasteiger partial charge in [-0.25, -0.2) is 4.98 Å². The lowest BCUT2D eigenvalue weighted by Gasteiger charge is -2.39. The van der Waals surface area contributed by atoms with Crippen LogP contribution in [-0.4, -0.2) is 71.1 Å². The van der Waals surface area contributed by atoms with Gasteiger partial charge in [-0.1, -0.05) is 26.2 Å². The predicted molar refractivity (Wildman–Crippen MR) is 145 cm³/mol. The maximum atomic E-state index is 13.8. The number of rotatable bonds is 11. The SMILES string of the molecule is [2H]C(C(=O)OCCC)N(C1CCCCC1)[C@@H](C)C(=O)N1CCC[C@H]1CCOc1ccc2c(N)nccc2c1. The van der Waals surface area contributed by atoms with E-state index in [0.29, 0.717) is 32.0 Å². The van der Waals surface area contributed by atoms with Gasteiger partial charge in [0.25, 0.3) is 0 Å². The summed E-state index contributed by atoms with van der Waals surface area (Å²) in [6.07, 6.45) is 10.1. The molecule has 3 atom stereocenters. The van der Waals surface area contributed by atoms with E-state index in [9.17, 15) is 9.59 Å². The zero-order valence-electron chi connectivity index (χ0n) is 23.2. The maximum absolute atomic E-state index is 13.8. The number of hydrogen-bond donors (Lipinski definition) is 1. The van der Waals surface area contributed by atoms with Gasteiger partial charge < -0.3 is 20.1 Å². The van der Waals surface area contributed by atoms with Crippen LogP contribution in [-0.2, 0) is 14.3 Å². The molecule has 8 nitrogen and oxygen atoms in total. The number of amides is 1. The Hall–Kier alpha value is -2.87. The van der Waals surface area contributed by atoms with Gasteiger partial charge >= 0.3 is 5.97 Å². The summed E-state index contributed by atoms with van der Waals surface area (Å²) in [6, 6.07) is 7.25. The number of nitrogens with two attached hydrogens (primary N) is 1. The van der Waals surface area contributed by atoms with E-state index in [4.69, 9.17) is 16.6 Å². The molecule has 2 N–H and O–H groups in total. The monoisotopic (exact) mass is 511 g/mol. The Balaban J connectivity index is 1.39. The van der Waals surface area contributed by atoms with Crippen molar-refractivity contribution >= 4 is 28.5 Å². The van der Waals surface area contributed by atoms with Gasteiger partial charge in [0.1, 0.15) is 11.6 Å². The summed E-state index contributed by atoms with van der Waals surface area (Å²) < 4.78 is 20.1. The number of carbonyl (C=O) groups excluding carboxylic acids is 2. The van der Waals surface area contributed by atoms with Crippen molar-refractivity contribution in [1.82, 2.24) is 14.8 Å². The molecule has 202 valence electrons. The Bertz CT molecular complexity index is 1090. The third-order valence-corrected chi connectivity index (χ3v) is 7.65. The number of ether oxygens (including phenoxy) is 2. The average molecular weight is 512 g/mol. The highest BCUT2D eigenvalue weighted by molar-refractivity contribution is 5.91. The molecule has 0 radical (unpaired) electrons. The molecular formula is C29H42N4O4. The van der Waals surface area contributed by atoms with Crippen LogP contribution < -0.4 is 10.5 Å². The molecule has 4 rings (SSSR count). The van der Waals surface area contributed by atoms with Crippen LogP contribution in [0.5, 0.6) is 5.75 Å². The Labute approximate surface area is 221 Å². The van der Waals surface area contributed by atoms with Crippen molar-refractivity contribution < 1.29 is 20.4 Å². The lowest BCUT2D eigenvalue weighted by molar-refractivity contribution is -0.149. The molecule has 2 fully saturated rings. The van der Waals surface area contributed by atoms with Crippen molar-refractivity contribution in [2.24, 2.45) is 0 Å². The van der Waals surface area contributed by atoms with Gasteiger partial charge in [0, 0.05) is 36.6 Å². The van der Waals surface area contributed by atoms with E-state index in [2.05, 4.69) is 4.98 Å². The standard InChI is InChI=1S/C29H42N4O4/c1-3-17-37-27(34)20-33(23-8-5-4-6-9-23)21(2)29(35)32-16-7-10-24(32)14-18-36-25-11-12-26-22(19-25)13-15-31-28(26)30/h11-13,15,19,21,23-24H,3-10,14,16-18,20H2,1-2H3,(H2,30,31)/t21-,24-/m0/s1/i20D/t20?,21-,24-. The van der Waals surface area contributed by atoms with E-state index in [1.165, 1.54) is 0 Å². The molecule has 2 aliphatic rings. The van der Waals surface area contributed by atoms with Gasteiger partial charge in [-0.05, 0) is 68.7 Å². The van der Waals surface area contributed by atoms with Crippen LogP contribution in [0.2, 0.25) is 0 Å². The number of carbonyl (C=O) groups is 2. The molecule has 1 amide bonds. The first-order valence-corrected chi connectivity index (χ1v) is 13.8. The lowest BCUT2D eigenvalue weighted by Crippen LogP contribution is -2.54. The van der Waals surface area contributed by atoms with Crippen LogP contribution in [0.25, 0.3) is 10.8 Å². The van der Waals surface area contributed by atoms with Crippen LogP contribution in [0.1, 0.15) is 73.0 Å².